The van der Waals surface area contributed by atoms with Crippen molar-refractivity contribution < 1.29 is 14.6 Å². The summed E-state index contributed by atoms with van der Waals surface area (Å²) >= 11 is 7.32. The second kappa shape index (κ2) is 6.41. The van der Waals surface area contributed by atoms with Crippen LogP contribution in [0.5, 0.6) is 5.75 Å². The molecule has 0 bridgehead atoms. The molecule has 1 N–H and O–H groups in total. The zero-order chi connectivity index (χ0) is 13.7. The summed E-state index contributed by atoms with van der Waals surface area (Å²) in [6.07, 6.45) is 2.69. The van der Waals surface area contributed by atoms with Gasteiger partial charge in [0.2, 0.25) is 0 Å². The van der Waals surface area contributed by atoms with Crippen LogP contribution in [0.4, 0.5) is 0 Å². The first-order valence-electron chi connectivity index (χ1n) is 5.51. The summed E-state index contributed by atoms with van der Waals surface area (Å²) in [6.45, 7) is 0.401. The minimum atomic E-state index is -0.962. The maximum absolute atomic E-state index is 10.5. The second-order valence-electron chi connectivity index (χ2n) is 3.71. The van der Waals surface area contributed by atoms with E-state index in [1.807, 2.05) is 11.4 Å². The topological polar surface area (TPSA) is 46.5 Å². The Morgan fingerprint density at radius 2 is 2.05 bits per heavy atom. The van der Waals surface area contributed by atoms with Crippen molar-refractivity contribution in [3.8, 4) is 5.75 Å². The molecule has 0 radical (unpaired) electrons. The minimum absolute atomic E-state index is 0.401. The molecule has 1 heterocycles. The zero-order valence-electron chi connectivity index (χ0n) is 9.88. The Kier molecular flexibility index (Phi) is 4.60. The van der Waals surface area contributed by atoms with Gasteiger partial charge in [0.1, 0.15) is 12.4 Å². The van der Waals surface area contributed by atoms with E-state index in [0.29, 0.717) is 11.6 Å². The van der Waals surface area contributed by atoms with Crippen LogP contribution in [0.25, 0.3) is 6.08 Å². The van der Waals surface area contributed by atoms with Crippen LogP contribution in [-0.2, 0) is 11.4 Å². The van der Waals surface area contributed by atoms with Crippen LogP contribution in [-0.4, -0.2) is 11.1 Å². The molecule has 0 aliphatic heterocycles. The number of carboxylic acid groups (broad SMARTS) is 1. The molecule has 5 heteroatoms. The maximum Gasteiger partial charge on any atom is 0.328 e. The van der Waals surface area contributed by atoms with E-state index >= 15 is 0 Å². The van der Waals surface area contributed by atoms with Gasteiger partial charge in [-0.2, -0.15) is 0 Å². The quantitative estimate of drug-likeness (QED) is 0.845. The summed E-state index contributed by atoms with van der Waals surface area (Å²) in [5, 5.41) is 11.2. The molecule has 0 aliphatic carbocycles. The van der Waals surface area contributed by atoms with Crippen LogP contribution in [0.2, 0.25) is 5.02 Å². The Bertz CT molecular complexity index is 587. The van der Waals surface area contributed by atoms with Crippen molar-refractivity contribution in [2.75, 3.05) is 0 Å². The second-order valence-corrected chi connectivity index (χ2v) is 5.15. The molecule has 2 aromatic rings. The molecule has 0 saturated carbocycles. The smallest absolute Gasteiger partial charge is 0.328 e. The minimum Gasteiger partial charge on any atom is -0.488 e. The number of ether oxygens (including phenoxy) is 1. The summed E-state index contributed by atoms with van der Waals surface area (Å²) in [5.74, 6) is -0.235. The SMILES string of the molecule is O=C(O)C=Cc1ccsc1COc1ccc(Cl)cc1. The molecule has 1 aromatic heterocycles. The van der Waals surface area contributed by atoms with Gasteiger partial charge in [-0.15, -0.1) is 11.3 Å². The predicted molar refractivity (Wildman–Crippen MR) is 76.8 cm³/mol. The van der Waals surface area contributed by atoms with Gasteiger partial charge in [0.15, 0.2) is 0 Å². The Morgan fingerprint density at radius 1 is 1.32 bits per heavy atom. The number of halogens is 1. The molecule has 2 rings (SSSR count). The first-order valence-corrected chi connectivity index (χ1v) is 6.76. The van der Waals surface area contributed by atoms with E-state index in [1.165, 1.54) is 11.3 Å². The van der Waals surface area contributed by atoms with Crippen molar-refractivity contribution in [2.45, 2.75) is 6.61 Å². The Labute approximate surface area is 119 Å². The van der Waals surface area contributed by atoms with E-state index in [2.05, 4.69) is 0 Å². The molecule has 0 unspecified atom stereocenters. The number of hydrogen-bond acceptors (Lipinski definition) is 3. The van der Waals surface area contributed by atoms with Crippen LogP contribution >= 0.6 is 22.9 Å². The predicted octanol–water partition coefficient (Wildman–Crippen LogP) is 4.08. The third-order valence-corrected chi connectivity index (χ3v) is 3.53. The van der Waals surface area contributed by atoms with Crippen LogP contribution in [0.15, 0.2) is 41.8 Å². The largest absolute Gasteiger partial charge is 0.488 e. The van der Waals surface area contributed by atoms with Crippen molar-refractivity contribution in [3.05, 3.63) is 57.3 Å². The van der Waals surface area contributed by atoms with Gasteiger partial charge in [0.05, 0.1) is 0 Å². The van der Waals surface area contributed by atoms with Crippen molar-refractivity contribution in [2.24, 2.45) is 0 Å². The molecule has 0 atom stereocenters. The van der Waals surface area contributed by atoms with Gasteiger partial charge in [0.25, 0.3) is 0 Å². The number of carboxylic acids is 1. The van der Waals surface area contributed by atoms with Gasteiger partial charge in [-0.1, -0.05) is 11.6 Å². The molecule has 19 heavy (non-hydrogen) atoms. The summed E-state index contributed by atoms with van der Waals surface area (Å²) in [4.78, 5) is 11.5. The number of benzene rings is 1. The molecule has 98 valence electrons. The lowest BCUT2D eigenvalue weighted by molar-refractivity contribution is -0.131. The van der Waals surface area contributed by atoms with E-state index in [9.17, 15) is 4.79 Å². The van der Waals surface area contributed by atoms with Crippen LogP contribution in [0, 0.1) is 0 Å². The number of rotatable bonds is 5. The zero-order valence-corrected chi connectivity index (χ0v) is 11.4. The first-order chi connectivity index (χ1) is 9.15. The van der Waals surface area contributed by atoms with E-state index in [4.69, 9.17) is 21.4 Å². The summed E-state index contributed by atoms with van der Waals surface area (Å²) in [5.41, 5.74) is 0.862. The highest BCUT2D eigenvalue weighted by atomic mass is 35.5. The van der Waals surface area contributed by atoms with Crippen LogP contribution in [0.3, 0.4) is 0 Å². The third kappa shape index (κ3) is 4.12. The molecular weight excluding hydrogens is 284 g/mol. The van der Waals surface area contributed by atoms with Gasteiger partial charge < -0.3 is 9.84 Å². The normalized spacial score (nSPS) is 10.8. The van der Waals surface area contributed by atoms with Crippen molar-refractivity contribution in [1.82, 2.24) is 0 Å². The Hall–Kier alpha value is -1.78. The highest BCUT2D eigenvalue weighted by Gasteiger charge is 2.03. The molecule has 0 aliphatic rings. The van der Waals surface area contributed by atoms with Gasteiger partial charge >= 0.3 is 5.97 Å². The Morgan fingerprint density at radius 3 is 2.74 bits per heavy atom. The van der Waals surface area contributed by atoms with Crippen LogP contribution in [0.1, 0.15) is 10.4 Å². The maximum atomic E-state index is 10.5. The average Bonchev–Trinajstić information content (AvgIpc) is 2.83. The molecule has 1 aromatic carbocycles. The van der Waals surface area contributed by atoms with E-state index in [-0.39, 0.29) is 0 Å². The van der Waals surface area contributed by atoms with Crippen LogP contribution < -0.4 is 4.74 Å². The molecule has 0 spiro atoms. The van der Waals surface area contributed by atoms with E-state index in [0.717, 1.165) is 22.3 Å². The highest BCUT2D eigenvalue weighted by molar-refractivity contribution is 7.10. The third-order valence-electron chi connectivity index (χ3n) is 2.37. The number of aliphatic carboxylic acids is 1. The fourth-order valence-corrected chi connectivity index (χ4v) is 2.36. The average molecular weight is 295 g/mol. The van der Waals surface area contributed by atoms with Gasteiger partial charge in [-0.05, 0) is 47.4 Å². The summed E-state index contributed by atoms with van der Waals surface area (Å²) < 4.78 is 5.62. The van der Waals surface area contributed by atoms with Crippen molar-refractivity contribution >= 4 is 35.0 Å². The first kappa shape index (κ1) is 13.6. The number of carbonyl (C=O) groups is 1. The lowest BCUT2D eigenvalue weighted by atomic mass is 10.2. The summed E-state index contributed by atoms with van der Waals surface area (Å²) in [7, 11) is 0. The number of thiophene rings is 1. The lowest BCUT2D eigenvalue weighted by Gasteiger charge is -2.05. The fraction of sp³-hybridized carbons (Fsp3) is 0.0714. The van der Waals surface area contributed by atoms with Crippen molar-refractivity contribution in [1.29, 1.82) is 0 Å². The van der Waals surface area contributed by atoms with Gasteiger partial charge in [-0.3, -0.25) is 0 Å². The molecule has 0 saturated heterocycles. The molecule has 3 nitrogen and oxygen atoms in total. The monoisotopic (exact) mass is 294 g/mol. The highest BCUT2D eigenvalue weighted by Crippen LogP contribution is 2.22. The molecule has 0 fully saturated rings. The fourth-order valence-electron chi connectivity index (χ4n) is 1.46. The lowest BCUT2D eigenvalue weighted by Crippen LogP contribution is -1.94. The Balaban J connectivity index is 2.02. The van der Waals surface area contributed by atoms with Crippen molar-refractivity contribution in [3.63, 3.8) is 0 Å². The summed E-state index contributed by atoms with van der Waals surface area (Å²) in [6, 6.07) is 8.98. The number of hydrogen-bond donors (Lipinski definition) is 1. The van der Waals surface area contributed by atoms with E-state index < -0.39 is 5.97 Å². The molecular formula is C14H11ClO3S. The van der Waals surface area contributed by atoms with E-state index in [1.54, 1.807) is 30.3 Å². The van der Waals surface area contributed by atoms with Gasteiger partial charge in [-0.25, -0.2) is 4.79 Å². The molecule has 0 amide bonds. The standard InChI is InChI=1S/C14H11ClO3S/c15-11-2-4-12(5-3-11)18-9-13-10(7-8-19-13)1-6-14(16)17/h1-8H,9H2,(H,16,17). The van der Waals surface area contributed by atoms with Gasteiger partial charge in [0, 0.05) is 16.0 Å².